The molecule has 4 N–H and O–H groups in total. The Hall–Kier alpha value is -0.910. The van der Waals surface area contributed by atoms with Gasteiger partial charge in [-0.2, -0.15) is 0 Å². The normalized spacial score (nSPS) is 14.8. The first kappa shape index (κ1) is 11.2. The molecule has 1 rings (SSSR count). The Labute approximate surface area is 89.5 Å². The summed E-state index contributed by atoms with van der Waals surface area (Å²) in [7, 11) is 0. The minimum atomic E-state index is -1.58. The van der Waals surface area contributed by atoms with E-state index in [2.05, 4.69) is 15.9 Å². The molecule has 0 heterocycles. The molecule has 0 bridgehead atoms. The van der Waals surface area contributed by atoms with Crippen molar-refractivity contribution < 1.29 is 15.0 Å². The molecule has 0 saturated carbocycles. The average molecular weight is 260 g/mol. The molecule has 0 radical (unpaired) electrons. The highest BCUT2D eigenvalue weighted by molar-refractivity contribution is 9.10. The number of carboxylic acids is 1. The van der Waals surface area contributed by atoms with Gasteiger partial charge in [0.05, 0.1) is 6.04 Å². The molecule has 0 unspecified atom stereocenters. The van der Waals surface area contributed by atoms with Gasteiger partial charge in [0.15, 0.2) is 6.10 Å². The molecular weight excluding hydrogens is 250 g/mol. The van der Waals surface area contributed by atoms with Gasteiger partial charge >= 0.3 is 5.97 Å². The molecular formula is C9H10BrNO3. The van der Waals surface area contributed by atoms with Crippen molar-refractivity contribution in [3.05, 3.63) is 34.3 Å². The van der Waals surface area contributed by atoms with Crippen molar-refractivity contribution in [1.82, 2.24) is 0 Å². The van der Waals surface area contributed by atoms with Crippen molar-refractivity contribution in [1.29, 1.82) is 0 Å². The summed E-state index contributed by atoms with van der Waals surface area (Å²) in [6.45, 7) is 0. The fourth-order valence-electron chi connectivity index (χ4n) is 1.05. The molecule has 76 valence electrons. The Bertz CT molecular complexity index is 343. The van der Waals surface area contributed by atoms with Gasteiger partial charge in [-0.15, -0.1) is 0 Å². The van der Waals surface area contributed by atoms with Crippen LogP contribution in [-0.4, -0.2) is 22.3 Å². The van der Waals surface area contributed by atoms with Crippen LogP contribution in [0.5, 0.6) is 0 Å². The van der Waals surface area contributed by atoms with E-state index in [1.54, 1.807) is 24.3 Å². The van der Waals surface area contributed by atoms with Crippen LogP contribution in [0.15, 0.2) is 28.7 Å². The lowest BCUT2D eigenvalue weighted by atomic mass is 10.0. The molecule has 4 nitrogen and oxygen atoms in total. The van der Waals surface area contributed by atoms with E-state index in [4.69, 9.17) is 10.8 Å². The van der Waals surface area contributed by atoms with Crippen molar-refractivity contribution in [2.75, 3.05) is 0 Å². The predicted octanol–water partition coefficient (Wildman–Crippen LogP) is 0.894. The lowest BCUT2D eigenvalue weighted by Crippen LogP contribution is -2.33. The Morgan fingerprint density at radius 3 is 2.64 bits per heavy atom. The highest BCUT2D eigenvalue weighted by Gasteiger charge is 2.23. The van der Waals surface area contributed by atoms with E-state index in [0.29, 0.717) is 5.56 Å². The maximum Gasteiger partial charge on any atom is 0.334 e. The second kappa shape index (κ2) is 4.54. The zero-order chi connectivity index (χ0) is 10.7. The van der Waals surface area contributed by atoms with E-state index in [-0.39, 0.29) is 0 Å². The predicted molar refractivity (Wildman–Crippen MR) is 54.7 cm³/mol. The molecule has 0 amide bonds. The number of hydrogen-bond donors (Lipinski definition) is 3. The Balaban J connectivity index is 2.89. The molecule has 14 heavy (non-hydrogen) atoms. The highest BCUT2D eigenvalue weighted by atomic mass is 79.9. The number of benzene rings is 1. The molecule has 0 spiro atoms. The number of aliphatic carboxylic acids is 1. The quantitative estimate of drug-likeness (QED) is 0.753. The fourth-order valence-corrected chi connectivity index (χ4v) is 1.47. The Kier molecular flexibility index (Phi) is 3.62. The maximum atomic E-state index is 10.5. The van der Waals surface area contributed by atoms with Crippen LogP contribution < -0.4 is 5.73 Å². The van der Waals surface area contributed by atoms with Gasteiger partial charge in [-0.3, -0.25) is 0 Å². The van der Waals surface area contributed by atoms with E-state index >= 15 is 0 Å². The molecule has 0 fully saturated rings. The number of halogens is 1. The number of nitrogens with two attached hydrogens (primary N) is 1. The van der Waals surface area contributed by atoms with Crippen LogP contribution in [0, 0.1) is 0 Å². The van der Waals surface area contributed by atoms with Gasteiger partial charge in [0, 0.05) is 4.47 Å². The molecule has 1 aromatic rings. The molecule has 2 atom stereocenters. The average Bonchev–Trinajstić information content (AvgIpc) is 2.15. The van der Waals surface area contributed by atoms with Crippen molar-refractivity contribution in [3.8, 4) is 0 Å². The zero-order valence-electron chi connectivity index (χ0n) is 7.22. The number of aliphatic hydroxyl groups excluding tert-OH is 1. The number of aliphatic hydroxyl groups is 1. The topological polar surface area (TPSA) is 83.5 Å². The summed E-state index contributed by atoms with van der Waals surface area (Å²) < 4.78 is 0.794. The van der Waals surface area contributed by atoms with Gasteiger partial charge in [0.2, 0.25) is 0 Å². The summed E-state index contributed by atoms with van der Waals surface area (Å²) >= 11 is 3.23. The number of carboxylic acid groups (broad SMARTS) is 1. The largest absolute Gasteiger partial charge is 0.479 e. The van der Waals surface area contributed by atoms with E-state index in [1.807, 2.05) is 0 Å². The summed E-state index contributed by atoms with van der Waals surface area (Å²) in [5.74, 6) is -1.32. The first-order chi connectivity index (χ1) is 6.52. The van der Waals surface area contributed by atoms with Crippen LogP contribution in [0.3, 0.4) is 0 Å². The number of hydrogen-bond acceptors (Lipinski definition) is 3. The fraction of sp³-hybridized carbons (Fsp3) is 0.222. The SMILES string of the molecule is N[C@H](c1cccc(Br)c1)[C@H](O)C(=O)O. The summed E-state index contributed by atoms with van der Waals surface area (Å²) in [5.41, 5.74) is 6.13. The summed E-state index contributed by atoms with van der Waals surface area (Å²) in [6.07, 6.45) is -1.58. The molecule has 5 heteroatoms. The summed E-state index contributed by atoms with van der Waals surface area (Å²) in [5, 5.41) is 17.7. The number of carbonyl (C=O) groups is 1. The molecule has 1 aromatic carbocycles. The van der Waals surface area contributed by atoms with Crippen LogP contribution >= 0.6 is 15.9 Å². The van der Waals surface area contributed by atoms with Gasteiger partial charge in [-0.25, -0.2) is 4.79 Å². The minimum Gasteiger partial charge on any atom is -0.479 e. The van der Waals surface area contributed by atoms with E-state index in [0.717, 1.165) is 4.47 Å². The lowest BCUT2D eigenvalue weighted by Gasteiger charge is -2.15. The third-order valence-corrected chi connectivity index (χ3v) is 2.32. The highest BCUT2D eigenvalue weighted by Crippen LogP contribution is 2.19. The third-order valence-electron chi connectivity index (χ3n) is 1.83. The van der Waals surface area contributed by atoms with E-state index in [1.165, 1.54) is 0 Å². The Morgan fingerprint density at radius 1 is 1.50 bits per heavy atom. The van der Waals surface area contributed by atoms with Crippen LogP contribution in [0.25, 0.3) is 0 Å². The van der Waals surface area contributed by atoms with Crippen molar-refractivity contribution in [3.63, 3.8) is 0 Å². The monoisotopic (exact) mass is 259 g/mol. The van der Waals surface area contributed by atoms with Crippen LogP contribution in [0.2, 0.25) is 0 Å². The smallest absolute Gasteiger partial charge is 0.334 e. The van der Waals surface area contributed by atoms with Gasteiger partial charge < -0.3 is 15.9 Å². The third kappa shape index (κ3) is 2.54. The van der Waals surface area contributed by atoms with E-state index < -0.39 is 18.1 Å². The Morgan fingerprint density at radius 2 is 2.14 bits per heavy atom. The maximum absolute atomic E-state index is 10.5. The van der Waals surface area contributed by atoms with Crippen molar-refractivity contribution in [2.45, 2.75) is 12.1 Å². The first-order valence-corrected chi connectivity index (χ1v) is 4.73. The molecule has 0 saturated heterocycles. The summed E-state index contributed by atoms with van der Waals surface area (Å²) in [4.78, 5) is 10.5. The van der Waals surface area contributed by atoms with Gasteiger partial charge in [-0.05, 0) is 17.7 Å². The molecule has 0 aliphatic heterocycles. The zero-order valence-corrected chi connectivity index (χ0v) is 8.81. The van der Waals surface area contributed by atoms with Crippen molar-refractivity contribution >= 4 is 21.9 Å². The van der Waals surface area contributed by atoms with E-state index in [9.17, 15) is 9.90 Å². The van der Waals surface area contributed by atoms with Crippen LogP contribution in [-0.2, 0) is 4.79 Å². The standard InChI is InChI=1S/C9H10BrNO3/c10-6-3-1-2-5(4-6)7(11)8(12)9(13)14/h1-4,7-8,12H,11H2,(H,13,14)/t7-,8+/m1/s1. The van der Waals surface area contributed by atoms with Gasteiger partial charge in [0.25, 0.3) is 0 Å². The van der Waals surface area contributed by atoms with Gasteiger partial charge in [-0.1, -0.05) is 28.1 Å². The van der Waals surface area contributed by atoms with Crippen LogP contribution in [0.1, 0.15) is 11.6 Å². The molecule has 0 aliphatic carbocycles. The van der Waals surface area contributed by atoms with Crippen molar-refractivity contribution in [2.24, 2.45) is 5.73 Å². The molecule has 0 aliphatic rings. The molecule has 0 aromatic heterocycles. The lowest BCUT2D eigenvalue weighted by molar-refractivity contribution is -0.147. The van der Waals surface area contributed by atoms with Crippen LogP contribution in [0.4, 0.5) is 0 Å². The minimum absolute atomic E-state index is 0.578. The first-order valence-electron chi connectivity index (χ1n) is 3.94. The summed E-state index contributed by atoms with van der Waals surface area (Å²) in [6, 6.07) is 5.96. The second-order valence-corrected chi connectivity index (χ2v) is 3.78. The van der Waals surface area contributed by atoms with Gasteiger partial charge in [0.1, 0.15) is 0 Å². The number of rotatable bonds is 3. The second-order valence-electron chi connectivity index (χ2n) is 2.86.